The van der Waals surface area contributed by atoms with Gasteiger partial charge in [-0.25, -0.2) is 4.79 Å². The standard InChI is InChI=1S/C22H23NO2/c1-2-3-16-4-7-20(14-16)18-8-10-19(11-9-18)22(24)25-21-12-5-17(15-23)6-13-21/h5-6,8-13,16,20H,2-4,7,14H2,1H3. The van der Waals surface area contributed by atoms with Crippen molar-refractivity contribution in [1.82, 2.24) is 0 Å². The van der Waals surface area contributed by atoms with Crippen LogP contribution < -0.4 is 4.74 Å². The highest BCUT2D eigenvalue weighted by molar-refractivity contribution is 5.91. The van der Waals surface area contributed by atoms with E-state index in [-0.39, 0.29) is 5.97 Å². The van der Waals surface area contributed by atoms with Crippen LogP contribution in [-0.2, 0) is 0 Å². The lowest BCUT2D eigenvalue weighted by Gasteiger charge is -2.12. The van der Waals surface area contributed by atoms with Crippen LogP contribution in [0.3, 0.4) is 0 Å². The van der Waals surface area contributed by atoms with Crippen LogP contribution in [0.5, 0.6) is 5.75 Å². The van der Waals surface area contributed by atoms with Gasteiger partial charge in [-0.3, -0.25) is 0 Å². The molecule has 1 fully saturated rings. The molecule has 2 aromatic rings. The number of esters is 1. The van der Waals surface area contributed by atoms with E-state index in [1.807, 2.05) is 18.2 Å². The Morgan fingerprint density at radius 3 is 2.48 bits per heavy atom. The second kappa shape index (κ2) is 7.98. The quantitative estimate of drug-likeness (QED) is 0.539. The van der Waals surface area contributed by atoms with Gasteiger partial charge in [0, 0.05) is 0 Å². The van der Waals surface area contributed by atoms with E-state index in [0.717, 1.165) is 5.92 Å². The van der Waals surface area contributed by atoms with E-state index in [0.29, 0.717) is 22.8 Å². The molecular weight excluding hydrogens is 310 g/mol. The zero-order chi connectivity index (χ0) is 17.6. The number of nitrogens with zero attached hydrogens (tertiary/aromatic N) is 1. The maximum absolute atomic E-state index is 12.3. The van der Waals surface area contributed by atoms with Gasteiger partial charge in [0.1, 0.15) is 5.75 Å². The number of benzene rings is 2. The summed E-state index contributed by atoms with van der Waals surface area (Å²) in [5.74, 6) is 1.56. The van der Waals surface area contributed by atoms with Crippen molar-refractivity contribution in [3.05, 3.63) is 65.2 Å². The fourth-order valence-corrected chi connectivity index (χ4v) is 3.70. The summed E-state index contributed by atoms with van der Waals surface area (Å²) in [5.41, 5.74) is 2.42. The molecule has 2 atom stereocenters. The maximum atomic E-state index is 12.3. The predicted molar refractivity (Wildman–Crippen MR) is 97.5 cm³/mol. The summed E-state index contributed by atoms with van der Waals surface area (Å²) in [7, 11) is 0. The summed E-state index contributed by atoms with van der Waals surface area (Å²) < 4.78 is 5.37. The van der Waals surface area contributed by atoms with Gasteiger partial charge in [0.05, 0.1) is 17.2 Å². The number of carbonyl (C=O) groups excluding carboxylic acids is 1. The van der Waals surface area contributed by atoms with Gasteiger partial charge in [-0.2, -0.15) is 5.26 Å². The van der Waals surface area contributed by atoms with Gasteiger partial charge in [-0.15, -0.1) is 0 Å². The van der Waals surface area contributed by atoms with E-state index in [4.69, 9.17) is 10.00 Å². The molecular formula is C22H23NO2. The zero-order valence-electron chi connectivity index (χ0n) is 14.6. The summed E-state index contributed by atoms with van der Waals surface area (Å²) in [6.45, 7) is 2.25. The van der Waals surface area contributed by atoms with Crippen molar-refractivity contribution in [3.63, 3.8) is 0 Å². The first-order chi connectivity index (χ1) is 12.2. The average Bonchev–Trinajstić information content (AvgIpc) is 3.11. The third kappa shape index (κ3) is 4.28. The Labute approximate surface area is 149 Å². The second-order valence-corrected chi connectivity index (χ2v) is 6.81. The van der Waals surface area contributed by atoms with Crippen molar-refractivity contribution in [3.8, 4) is 11.8 Å². The first kappa shape index (κ1) is 17.2. The highest BCUT2D eigenvalue weighted by Crippen LogP contribution is 2.40. The lowest BCUT2D eigenvalue weighted by molar-refractivity contribution is 0.0734. The molecule has 1 aliphatic carbocycles. The third-order valence-corrected chi connectivity index (χ3v) is 5.05. The highest BCUT2D eigenvalue weighted by atomic mass is 16.5. The van der Waals surface area contributed by atoms with E-state index in [1.165, 1.54) is 37.7 Å². The smallest absolute Gasteiger partial charge is 0.343 e. The lowest BCUT2D eigenvalue weighted by Crippen LogP contribution is -2.08. The normalized spacial score (nSPS) is 19.4. The lowest BCUT2D eigenvalue weighted by atomic mass is 9.94. The van der Waals surface area contributed by atoms with E-state index in [2.05, 4.69) is 19.1 Å². The number of carbonyl (C=O) groups is 1. The molecule has 1 saturated carbocycles. The van der Waals surface area contributed by atoms with Crippen LogP contribution in [0.4, 0.5) is 0 Å². The number of rotatable bonds is 5. The molecule has 128 valence electrons. The van der Waals surface area contributed by atoms with Crippen LogP contribution in [0.1, 0.15) is 66.4 Å². The Morgan fingerprint density at radius 1 is 1.12 bits per heavy atom. The van der Waals surface area contributed by atoms with Crippen molar-refractivity contribution >= 4 is 5.97 Å². The fraction of sp³-hybridized carbons (Fsp3) is 0.364. The van der Waals surface area contributed by atoms with Crippen LogP contribution in [0.2, 0.25) is 0 Å². The van der Waals surface area contributed by atoms with Gasteiger partial charge in [-0.05, 0) is 73.1 Å². The first-order valence-corrected chi connectivity index (χ1v) is 9.02. The molecule has 3 heteroatoms. The number of hydrogen-bond donors (Lipinski definition) is 0. The molecule has 25 heavy (non-hydrogen) atoms. The van der Waals surface area contributed by atoms with Gasteiger partial charge >= 0.3 is 5.97 Å². The van der Waals surface area contributed by atoms with E-state index in [1.54, 1.807) is 24.3 Å². The molecule has 2 aromatic carbocycles. The molecule has 0 amide bonds. The minimum absolute atomic E-state index is 0.369. The molecule has 3 nitrogen and oxygen atoms in total. The molecule has 0 spiro atoms. The average molecular weight is 333 g/mol. The van der Waals surface area contributed by atoms with Crippen molar-refractivity contribution in [1.29, 1.82) is 5.26 Å². The number of hydrogen-bond acceptors (Lipinski definition) is 3. The molecule has 0 aromatic heterocycles. The second-order valence-electron chi connectivity index (χ2n) is 6.81. The first-order valence-electron chi connectivity index (χ1n) is 9.02. The van der Waals surface area contributed by atoms with Crippen LogP contribution in [0.25, 0.3) is 0 Å². The van der Waals surface area contributed by atoms with Crippen LogP contribution in [0.15, 0.2) is 48.5 Å². The Morgan fingerprint density at radius 2 is 1.84 bits per heavy atom. The summed E-state index contributed by atoms with van der Waals surface area (Å²) in [4.78, 5) is 12.3. The number of ether oxygens (including phenoxy) is 1. The molecule has 3 rings (SSSR count). The van der Waals surface area contributed by atoms with Crippen molar-refractivity contribution < 1.29 is 9.53 Å². The summed E-state index contributed by atoms with van der Waals surface area (Å²) in [6, 6.07) is 16.4. The minimum atomic E-state index is -0.369. The topological polar surface area (TPSA) is 50.1 Å². The van der Waals surface area contributed by atoms with Crippen molar-refractivity contribution in [2.45, 2.75) is 44.9 Å². The SMILES string of the molecule is CCCC1CCC(c2ccc(C(=O)Oc3ccc(C#N)cc3)cc2)C1. The maximum Gasteiger partial charge on any atom is 0.343 e. The third-order valence-electron chi connectivity index (χ3n) is 5.05. The molecule has 0 radical (unpaired) electrons. The summed E-state index contributed by atoms with van der Waals surface area (Å²) >= 11 is 0. The molecule has 0 saturated heterocycles. The Hall–Kier alpha value is -2.60. The van der Waals surface area contributed by atoms with Gasteiger partial charge in [0.2, 0.25) is 0 Å². The Bertz CT molecular complexity index is 756. The van der Waals surface area contributed by atoms with Crippen molar-refractivity contribution in [2.75, 3.05) is 0 Å². The summed E-state index contributed by atoms with van der Waals surface area (Å²) in [6.07, 6.45) is 6.42. The zero-order valence-corrected chi connectivity index (χ0v) is 14.6. The Balaban J connectivity index is 1.61. The Kier molecular flexibility index (Phi) is 5.50. The van der Waals surface area contributed by atoms with Gasteiger partial charge in [0.15, 0.2) is 0 Å². The van der Waals surface area contributed by atoms with Crippen LogP contribution in [0, 0.1) is 17.2 Å². The van der Waals surface area contributed by atoms with Crippen molar-refractivity contribution in [2.24, 2.45) is 5.92 Å². The van der Waals surface area contributed by atoms with Gasteiger partial charge in [-0.1, -0.05) is 31.9 Å². The predicted octanol–water partition coefficient (Wildman–Crippen LogP) is 5.46. The van der Waals surface area contributed by atoms with E-state index < -0.39 is 0 Å². The van der Waals surface area contributed by atoms with E-state index >= 15 is 0 Å². The van der Waals surface area contributed by atoms with E-state index in [9.17, 15) is 4.79 Å². The number of nitriles is 1. The van der Waals surface area contributed by atoms with Crippen LogP contribution in [-0.4, -0.2) is 5.97 Å². The highest BCUT2D eigenvalue weighted by Gasteiger charge is 2.25. The van der Waals surface area contributed by atoms with Crippen LogP contribution >= 0.6 is 0 Å². The largest absolute Gasteiger partial charge is 0.423 e. The fourth-order valence-electron chi connectivity index (χ4n) is 3.70. The molecule has 0 heterocycles. The molecule has 0 N–H and O–H groups in total. The molecule has 0 aliphatic heterocycles. The monoisotopic (exact) mass is 333 g/mol. The molecule has 1 aliphatic rings. The minimum Gasteiger partial charge on any atom is -0.423 e. The molecule has 0 bridgehead atoms. The summed E-state index contributed by atoms with van der Waals surface area (Å²) in [5, 5.41) is 8.79. The van der Waals surface area contributed by atoms with Gasteiger partial charge in [0.25, 0.3) is 0 Å². The van der Waals surface area contributed by atoms with Gasteiger partial charge < -0.3 is 4.74 Å². The molecule has 2 unspecified atom stereocenters.